The molecule has 0 heterocycles. The zero-order chi connectivity index (χ0) is 12.7. The summed E-state index contributed by atoms with van der Waals surface area (Å²) in [4.78, 5) is 11.5. The Kier molecular flexibility index (Phi) is 4.83. The number of hydrogen-bond acceptors (Lipinski definition) is 4. The van der Waals surface area contributed by atoms with Gasteiger partial charge in [0.1, 0.15) is 17.8 Å². The van der Waals surface area contributed by atoms with E-state index in [2.05, 4.69) is 10.6 Å². The molecule has 0 aromatic carbocycles. The molecule has 0 spiro atoms. The SMILES string of the molecule is N#CC(N)=C(C#N)NC(=O)NC1CCCCC1. The normalized spacial score (nSPS) is 17.3. The lowest BCUT2D eigenvalue weighted by atomic mass is 9.96. The molecule has 6 heteroatoms. The van der Waals surface area contributed by atoms with E-state index in [0.29, 0.717) is 0 Å². The quantitative estimate of drug-likeness (QED) is 0.613. The van der Waals surface area contributed by atoms with E-state index < -0.39 is 6.03 Å². The topological polar surface area (TPSA) is 115 Å². The van der Waals surface area contributed by atoms with Gasteiger partial charge in [0, 0.05) is 6.04 Å². The van der Waals surface area contributed by atoms with Crippen molar-refractivity contribution < 1.29 is 4.79 Å². The average molecular weight is 233 g/mol. The van der Waals surface area contributed by atoms with E-state index in [0.717, 1.165) is 25.7 Å². The highest BCUT2D eigenvalue weighted by Crippen LogP contribution is 2.17. The van der Waals surface area contributed by atoms with E-state index in [1.165, 1.54) is 6.42 Å². The monoisotopic (exact) mass is 233 g/mol. The first kappa shape index (κ1) is 12.9. The minimum Gasteiger partial charge on any atom is -0.388 e. The van der Waals surface area contributed by atoms with Crippen LogP contribution in [0.4, 0.5) is 4.79 Å². The maximum atomic E-state index is 11.5. The molecule has 0 aliphatic heterocycles. The molecule has 0 atom stereocenters. The number of allylic oxidation sites excluding steroid dienone is 2. The second-order valence-electron chi connectivity index (χ2n) is 3.95. The second-order valence-corrected chi connectivity index (χ2v) is 3.95. The summed E-state index contributed by atoms with van der Waals surface area (Å²) >= 11 is 0. The fourth-order valence-corrected chi connectivity index (χ4v) is 1.79. The molecule has 0 bridgehead atoms. The Morgan fingerprint density at radius 2 is 1.82 bits per heavy atom. The molecule has 0 aromatic heterocycles. The van der Waals surface area contributed by atoms with Gasteiger partial charge in [-0.3, -0.25) is 5.32 Å². The fraction of sp³-hybridized carbons (Fsp3) is 0.545. The number of urea groups is 1. The zero-order valence-corrected chi connectivity index (χ0v) is 9.49. The van der Waals surface area contributed by atoms with Gasteiger partial charge in [-0.05, 0) is 12.8 Å². The number of carbonyl (C=O) groups excluding carboxylic acids is 1. The molecule has 90 valence electrons. The largest absolute Gasteiger partial charge is 0.388 e. The third kappa shape index (κ3) is 4.04. The summed E-state index contributed by atoms with van der Waals surface area (Å²) < 4.78 is 0. The third-order valence-corrected chi connectivity index (χ3v) is 2.68. The van der Waals surface area contributed by atoms with Crippen LogP contribution in [0.2, 0.25) is 0 Å². The van der Waals surface area contributed by atoms with Gasteiger partial charge in [0.25, 0.3) is 0 Å². The number of hydrogen-bond donors (Lipinski definition) is 3. The van der Waals surface area contributed by atoms with Crippen LogP contribution in [0.5, 0.6) is 0 Å². The van der Waals surface area contributed by atoms with Crippen molar-refractivity contribution >= 4 is 6.03 Å². The molecule has 1 aliphatic carbocycles. The van der Waals surface area contributed by atoms with Crippen LogP contribution in [-0.4, -0.2) is 12.1 Å². The molecule has 0 radical (unpaired) electrons. The van der Waals surface area contributed by atoms with Gasteiger partial charge in [0.15, 0.2) is 5.70 Å². The maximum Gasteiger partial charge on any atom is 0.320 e. The van der Waals surface area contributed by atoms with E-state index in [1.807, 2.05) is 0 Å². The van der Waals surface area contributed by atoms with Gasteiger partial charge in [0.05, 0.1) is 0 Å². The first-order valence-corrected chi connectivity index (χ1v) is 5.55. The highest BCUT2D eigenvalue weighted by molar-refractivity contribution is 5.77. The summed E-state index contributed by atoms with van der Waals surface area (Å²) in [7, 11) is 0. The smallest absolute Gasteiger partial charge is 0.320 e. The number of carbonyl (C=O) groups is 1. The Labute approximate surface area is 100 Å². The molecular formula is C11H15N5O. The molecular weight excluding hydrogens is 218 g/mol. The van der Waals surface area contributed by atoms with Crippen LogP contribution in [0, 0.1) is 22.7 Å². The molecule has 0 saturated heterocycles. The standard InChI is InChI=1S/C11H15N5O/c12-6-9(14)10(7-13)16-11(17)15-8-4-2-1-3-5-8/h8H,1-5,14H2,(H2,15,16,17). The van der Waals surface area contributed by atoms with Crippen LogP contribution < -0.4 is 16.4 Å². The van der Waals surface area contributed by atoms with Gasteiger partial charge in [-0.1, -0.05) is 19.3 Å². The summed E-state index contributed by atoms with van der Waals surface area (Å²) in [6, 6.07) is 2.96. The minimum atomic E-state index is -0.480. The summed E-state index contributed by atoms with van der Waals surface area (Å²) in [5.41, 5.74) is 4.77. The fourth-order valence-electron chi connectivity index (χ4n) is 1.79. The molecule has 1 rings (SSSR count). The Balaban J connectivity index is 2.49. The molecule has 2 amide bonds. The molecule has 4 N–H and O–H groups in total. The van der Waals surface area contributed by atoms with Crippen LogP contribution in [0.3, 0.4) is 0 Å². The molecule has 0 unspecified atom stereocenters. The summed E-state index contributed by atoms with van der Waals surface area (Å²) in [6.45, 7) is 0. The van der Waals surface area contributed by atoms with Gasteiger partial charge >= 0.3 is 6.03 Å². The predicted octanol–water partition coefficient (Wildman–Crippen LogP) is 0.836. The van der Waals surface area contributed by atoms with Crippen molar-refractivity contribution in [2.75, 3.05) is 0 Å². The lowest BCUT2D eigenvalue weighted by molar-refractivity contribution is 0.235. The Morgan fingerprint density at radius 1 is 1.18 bits per heavy atom. The number of nitrogens with zero attached hydrogens (tertiary/aromatic N) is 2. The summed E-state index contributed by atoms with van der Waals surface area (Å²) in [5, 5.41) is 22.3. The minimum absolute atomic E-state index is 0.145. The molecule has 1 fully saturated rings. The average Bonchev–Trinajstić information content (AvgIpc) is 2.36. The van der Waals surface area contributed by atoms with Crippen LogP contribution in [0.25, 0.3) is 0 Å². The highest BCUT2D eigenvalue weighted by Gasteiger charge is 2.16. The third-order valence-electron chi connectivity index (χ3n) is 2.68. The number of amides is 2. The van der Waals surface area contributed by atoms with Crippen molar-refractivity contribution in [3.05, 3.63) is 11.4 Å². The Bertz CT molecular complexity index is 395. The second kappa shape index (κ2) is 6.39. The van der Waals surface area contributed by atoms with Crippen LogP contribution in [-0.2, 0) is 0 Å². The van der Waals surface area contributed by atoms with Crippen molar-refractivity contribution in [2.24, 2.45) is 5.73 Å². The number of nitrogens with one attached hydrogen (secondary N) is 2. The van der Waals surface area contributed by atoms with E-state index in [9.17, 15) is 4.79 Å². The van der Waals surface area contributed by atoms with Gasteiger partial charge < -0.3 is 11.1 Å². The van der Waals surface area contributed by atoms with Crippen molar-refractivity contribution in [3.8, 4) is 12.1 Å². The predicted molar refractivity (Wildman–Crippen MR) is 61.0 cm³/mol. The Morgan fingerprint density at radius 3 is 2.35 bits per heavy atom. The van der Waals surface area contributed by atoms with E-state index in [4.69, 9.17) is 16.3 Å². The molecule has 17 heavy (non-hydrogen) atoms. The van der Waals surface area contributed by atoms with Gasteiger partial charge in [0.2, 0.25) is 0 Å². The highest BCUT2D eigenvalue weighted by atomic mass is 16.2. The molecule has 1 aliphatic rings. The van der Waals surface area contributed by atoms with Crippen LogP contribution >= 0.6 is 0 Å². The lowest BCUT2D eigenvalue weighted by Crippen LogP contribution is -2.42. The molecule has 0 aromatic rings. The van der Waals surface area contributed by atoms with Crippen molar-refractivity contribution in [1.29, 1.82) is 10.5 Å². The van der Waals surface area contributed by atoms with E-state index in [1.54, 1.807) is 12.1 Å². The Hall–Kier alpha value is -2.21. The number of rotatable bonds is 2. The van der Waals surface area contributed by atoms with E-state index >= 15 is 0 Å². The molecule has 1 saturated carbocycles. The molecule has 6 nitrogen and oxygen atoms in total. The van der Waals surface area contributed by atoms with Crippen molar-refractivity contribution in [3.63, 3.8) is 0 Å². The van der Waals surface area contributed by atoms with Gasteiger partial charge in [-0.25, -0.2) is 4.79 Å². The van der Waals surface area contributed by atoms with Crippen LogP contribution in [0.1, 0.15) is 32.1 Å². The van der Waals surface area contributed by atoms with Gasteiger partial charge in [-0.15, -0.1) is 0 Å². The lowest BCUT2D eigenvalue weighted by Gasteiger charge is -2.22. The first-order valence-electron chi connectivity index (χ1n) is 5.55. The number of nitrogens with two attached hydrogens (primary N) is 1. The van der Waals surface area contributed by atoms with Gasteiger partial charge in [-0.2, -0.15) is 10.5 Å². The number of nitriles is 2. The van der Waals surface area contributed by atoms with Crippen molar-refractivity contribution in [2.45, 2.75) is 38.1 Å². The summed E-state index contributed by atoms with van der Waals surface area (Å²) in [6.07, 6.45) is 5.31. The van der Waals surface area contributed by atoms with Crippen LogP contribution in [0.15, 0.2) is 11.4 Å². The summed E-state index contributed by atoms with van der Waals surface area (Å²) in [5.74, 6) is 0. The van der Waals surface area contributed by atoms with Crippen molar-refractivity contribution in [1.82, 2.24) is 10.6 Å². The zero-order valence-electron chi connectivity index (χ0n) is 9.49. The van der Waals surface area contributed by atoms with E-state index in [-0.39, 0.29) is 17.4 Å². The maximum absolute atomic E-state index is 11.5. The first-order chi connectivity index (χ1) is 8.17.